The number of methoxy groups -OCH3 is 1. The number of hydrogen-bond acceptors (Lipinski definition) is 5. The van der Waals surface area contributed by atoms with Gasteiger partial charge in [0.05, 0.1) is 12.9 Å². The molecule has 3 rings (SSSR count). The lowest BCUT2D eigenvalue weighted by molar-refractivity contribution is -0.119. The van der Waals surface area contributed by atoms with Gasteiger partial charge in [-0.3, -0.25) is 4.79 Å². The van der Waals surface area contributed by atoms with Crippen molar-refractivity contribution in [3.05, 3.63) is 35.7 Å². The molecule has 1 aliphatic rings. The van der Waals surface area contributed by atoms with Gasteiger partial charge in [0.1, 0.15) is 11.6 Å². The van der Waals surface area contributed by atoms with Gasteiger partial charge in [0.2, 0.25) is 5.91 Å². The van der Waals surface area contributed by atoms with Gasteiger partial charge in [-0.15, -0.1) is 10.2 Å². The molecule has 1 heterocycles. The van der Waals surface area contributed by atoms with Crippen LogP contribution in [0.25, 0.3) is 0 Å². The van der Waals surface area contributed by atoms with Crippen molar-refractivity contribution in [2.45, 2.75) is 50.2 Å². The van der Waals surface area contributed by atoms with Crippen LogP contribution in [0.5, 0.6) is 5.75 Å². The minimum Gasteiger partial charge on any atom is -0.497 e. The van der Waals surface area contributed by atoms with Gasteiger partial charge in [-0.2, -0.15) is 0 Å². The van der Waals surface area contributed by atoms with Crippen molar-refractivity contribution in [1.82, 2.24) is 20.1 Å². The van der Waals surface area contributed by atoms with E-state index in [1.54, 1.807) is 7.11 Å². The average Bonchev–Trinajstić information content (AvgIpc) is 3.02. The van der Waals surface area contributed by atoms with Gasteiger partial charge in [-0.05, 0) is 36.5 Å². The Morgan fingerprint density at radius 1 is 1.26 bits per heavy atom. The largest absolute Gasteiger partial charge is 0.497 e. The van der Waals surface area contributed by atoms with E-state index in [2.05, 4.69) is 22.4 Å². The van der Waals surface area contributed by atoms with E-state index in [0.717, 1.165) is 28.7 Å². The van der Waals surface area contributed by atoms with Gasteiger partial charge < -0.3 is 14.6 Å². The number of hydrogen-bond donors (Lipinski definition) is 1. The van der Waals surface area contributed by atoms with Crippen molar-refractivity contribution in [2.75, 3.05) is 12.9 Å². The summed E-state index contributed by atoms with van der Waals surface area (Å²) in [4.78, 5) is 12.3. The molecule has 7 heteroatoms. The summed E-state index contributed by atoms with van der Waals surface area (Å²) in [6, 6.07) is 8.26. The maximum Gasteiger partial charge on any atom is 0.230 e. The zero-order valence-electron chi connectivity index (χ0n) is 16.3. The summed E-state index contributed by atoms with van der Waals surface area (Å²) < 4.78 is 7.15. The van der Waals surface area contributed by atoms with E-state index in [1.165, 1.54) is 31.0 Å². The number of carbonyl (C=O) groups is 1. The first-order valence-electron chi connectivity index (χ1n) is 9.50. The standard InChI is InChI=1S/C20H28N4O2S/c1-14-6-4-5-7-17(14)21-19(25)13-27-20-23-22-18(24(20)2)12-15-8-10-16(26-3)11-9-15/h8-11,14,17H,4-7,12-13H2,1-3H3,(H,21,25)/t14-,17-/m1/s1. The van der Waals surface area contributed by atoms with Crippen LogP contribution in [0.1, 0.15) is 44.0 Å². The molecule has 2 atom stereocenters. The Kier molecular flexibility index (Phi) is 6.77. The number of nitrogens with one attached hydrogen (secondary N) is 1. The highest BCUT2D eigenvalue weighted by molar-refractivity contribution is 7.99. The zero-order valence-corrected chi connectivity index (χ0v) is 17.1. The number of ether oxygens (including phenoxy) is 1. The van der Waals surface area contributed by atoms with Gasteiger partial charge in [0.25, 0.3) is 0 Å². The van der Waals surface area contributed by atoms with Gasteiger partial charge in [0.15, 0.2) is 5.16 Å². The summed E-state index contributed by atoms with van der Waals surface area (Å²) in [5.41, 5.74) is 1.15. The molecule has 1 saturated carbocycles. The van der Waals surface area contributed by atoms with Gasteiger partial charge in [-0.25, -0.2) is 0 Å². The Morgan fingerprint density at radius 3 is 2.70 bits per heavy atom. The number of aromatic nitrogens is 3. The van der Waals surface area contributed by atoms with Crippen molar-refractivity contribution in [3.8, 4) is 5.75 Å². The molecule has 1 fully saturated rings. The van der Waals surface area contributed by atoms with Gasteiger partial charge >= 0.3 is 0 Å². The van der Waals surface area contributed by atoms with Crippen LogP contribution >= 0.6 is 11.8 Å². The van der Waals surface area contributed by atoms with Crippen LogP contribution in [-0.2, 0) is 18.3 Å². The minimum absolute atomic E-state index is 0.0819. The van der Waals surface area contributed by atoms with Crippen LogP contribution in [0.4, 0.5) is 0 Å². The lowest BCUT2D eigenvalue weighted by Gasteiger charge is -2.29. The minimum atomic E-state index is 0.0819. The first kappa shape index (κ1) is 19.7. The van der Waals surface area contributed by atoms with E-state index in [-0.39, 0.29) is 5.91 Å². The molecule has 0 radical (unpaired) electrons. The van der Waals surface area contributed by atoms with Crippen LogP contribution in [0.3, 0.4) is 0 Å². The van der Waals surface area contributed by atoms with Crippen molar-refractivity contribution < 1.29 is 9.53 Å². The predicted octanol–water partition coefficient (Wildman–Crippen LogP) is 3.20. The highest BCUT2D eigenvalue weighted by Gasteiger charge is 2.23. The molecule has 146 valence electrons. The quantitative estimate of drug-likeness (QED) is 0.738. The molecule has 6 nitrogen and oxygen atoms in total. The first-order chi connectivity index (χ1) is 13.1. The molecule has 0 bridgehead atoms. The smallest absolute Gasteiger partial charge is 0.230 e. The third kappa shape index (κ3) is 5.25. The number of nitrogens with zero attached hydrogens (tertiary/aromatic N) is 3. The van der Waals surface area contributed by atoms with E-state index in [9.17, 15) is 4.79 Å². The fraction of sp³-hybridized carbons (Fsp3) is 0.550. The molecule has 1 amide bonds. The summed E-state index contributed by atoms with van der Waals surface area (Å²) in [6.07, 6.45) is 5.47. The van der Waals surface area contributed by atoms with Crippen molar-refractivity contribution in [2.24, 2.45) is 13.0 Å². The topological polar surface area (TPSA) is 69.0 Å². The molecule has 0 unspecified atom stereocenters. The monoisotopic (exact) mass is 388 g/mol. The SMILES string of the molecule is COc1ccc(Cc2nnc(SCC(=O)N[C@@H]3CCCC[C@H]3C)n2C)cc1. The number of thioether (sulfide) groups is 1. The number of amides is 1. The summed E-state index contributed by atoms with van der Waals surface area (Å²) in [5.74, 6) is 2.74. The van der Waals surface area contributed by atoms with Crippen molar-refractivity contribution in [3.63, 3.8) is 0 Å². The Bertz CT molecular complexity index is 760. The van der Waals surface area contributed by atoms with Gasteiger partial charge in [0, 0.05) is 19.5 Å². The normalized spacial score (nSPS) is 19.7. The number of rotatable bonds is 7. The molecule has 1 aliphatic carbocycles. The second kappa shape index (κ2) is 9.26. The van der Waals surface area contributed by atoms with Crippen LogP contribution in [0, 0.1) is 5.92 Å². The Balaban J connectivity index is 1.52. The molecule has 1 N–H and O–H groups in total. The third-order valence-electron chi connectivity index (χ3n) is 5.24. The van der Waals surface area contributed by atoms with Crippen molar-refractivity contribution >= 4 is 17.7 Å². The van der Waals surface area contributed by atoms with Crippen LogP contribution in [0.15, 0.2) is 29.4 Å². The van der Waals surface area contributed by atoms with E-state index in [1.807, 2.05) is 35.9 Å². The lowest BCUT2D eigenvalue weighted by atomic mass is 9.86. The number of carbonyl (C=O) groups excluding carboxylic acids is 1. The molecule has 0 saturated heterocycles. The van der Waals surface area contributed by atoms with E-state index in [0.29, 0.717) is 24.1 Å². The average molecular weight is 389 g/mol. The van der Waals surface area contributed by atoms with E-state index >= 15 is 0 Å². The predicted molar refractivity (Wildman–Crippen MR) is 107 cm³/mol. The number of benzene rings is 1. The zero-order chi connectivity index (χ0) is 19.2. The Hall–Kier alpha value is -2.02. The fourth-order valence-electron chi connectivity index (χ4n) is 3.46. The molecule has 0 spiro atoms. The molecule has 27 heavy (non-hydrogen) atoms. The third-order valence-corrected chi connectivity index (χ3v) is 6.26. The molecule has 1 aromatic carbocycles. The van der Waals surface area contributed by atoms with E-state index in [4.69, 9.17) is 4.74 Å². The fourth-order valence-corrected chi connectivity index (χ4v) is 4.20. The van der Waals surface area contributed by atoms with Crippen LogP contribution in [-0.4, -0.2) is 39.6 Å². The highest BCUT2D eigenvalue weighted by atomic mass is 32.2. The molecular weight excluding hydrogens is 360 g/mol. The molecule has 0 aliphatic heterocycles. The lowest BCUT2D eigenvalue weighted by Crippen LogP contribution is -2.41. The first-order valence-corrected chi connectivity index (χ1v) is 10.5. The second-order valence-corrected chi connectivity index (χ2v) is 8.15. The van der Waals surface area contributed by atoms with Gasteiger partial charge in [-0.1, -0.05) is 43.7 Å². The highest BCUT2D eigenvalue weighted by Crippen LogP contribution is 2.24. The van der Waals surface area contributed by atoms with Crippen LogP contribution < -0.4 is 10.1 Å². The summed E-state index contributed by atoms with van der Waals surface area (Å²) in [5, 5.41) is 12.5. The molecular formula is C20H28N4O2S. The maximum atomic E-state index is 12.3. The second-order valence-electron chi connectivity index (χ2n) is 7.21. The van der Waals surface area contributed by atoms with Crippen molar-refractivity contribution in [1.29, 1.82) is 0 Å². The summed E-state index contributed by atoms with van der Waals surface area (Å²) in [7, 11) is 3.61. The molecule has 2 aromatic rings. The maximum absolute atomic E-state index is 12.3. The Morgan fingerprint density at radius 2 is 2.00 bits per heavy atom. The Labute approximate surface area is 165 Å². The van der Waals surface area contributed by atoms with Crippen LogP contribution in [0.2, 0.25) is 0 Å². The van der Waals surface area contributed by atoms with E-state index < -0.39 is 0 Å². The molecule has 1 aromatic heterocycles. The summed E-state index contributed by atoms with van der Waals surface area (Å²) in [6.45, 7) is 2.23. The summed E-state index contributed by atoms with van der Waals surface area (Å²) >= 11 is 1.44.